The van der Waals surface area contributed by atoms with E-state index >= 15 is 0 Å². The molecular formula is C14H19N3O2. The molecule has 19 heavy (non-hydrogen) atoms. The van der Waals surface area contributed by atoms with Crippen LogP contribution in [0, 0.1) is 5.92 Å². The number of anilines is 1. The molecule has 5 nitrogen and oxygen atoms in total. The van der Waals surface area contributed by atoms with Crippen LogP contribution >= 0.6 is 0 Å². The number of nitrogens with one attached hydrogen (secondary N) is 1. The molecule has 5 heteroatoms. The lowest BCUT2D eigenvalue weighted by Gasteiger charge is -2.02. The van der Waals surface area contributed by atoms with Crippen LogP contribution in [0.1, 0.15) is 25.2 Å². The van der Waals surface area contributed by atoms with Crippen LogP contribution in [0.15, 0.2) is 28.8 Å². The van der Waals surface area contributed by atoms with Gasteiger partial charge in [0.2, 0.25) is 0 Å². The Balaban J connectivity index is 1.95. The highest BCUT2D eigenvalue weighted by Crippen LogP contribution is 2.14. The summed E-state index contributed by atoms with van der Waals surface area (Å²) in [5, 5.41) is 7.06. The number of hydrogen-bond donors (Lipinski definition) is 1. The number of hydrogen-bond acceptors (Lipinski definition) is 5. The predicted octanol–water partition coefficient (Wildman–Crippen LogP) is 2.74. The van der Waals surface area contributed by atoms with Crippen molar-refractivity contribution in [3.05, 3.63) is 35.7 Å². The number of nitrogens with zero attached hydrogens (tertiary/aromatic N) is 2. The van der Waals surface area contributed by atoms with Crippen molar-refractivity contribution in [1.82, 2.24) is 10.1 Å². The largest absolute Gasteiger partial charge is 0.497 e. The molecule has 0 fully saturated rings. The molecule has 102 valence electrons. The minimum atomic E-state index is 0.484. The zero-order valence-corrected chi connectivity index (χ0v) is 11.5. The van der Waals surface area contributed by atoms with E-state index in [0.717, 1.165) is 17.9 Å². The highest BCUT2D eigenvalue weighted by molar-refractivity contribution is 5.29. The molecule has 0 spiro atoms. The Bertz CT molecular complexity index is 506. The van der Waals surface area contributed by atoms with Gasteiger partial charge in [0.1, 0.15) is 5.75 Å². The van der Waals surface area contributed by atoms with E-state index in [1.165, 1.54) is 0 Å². The van der Waals surface area contributed by atoms with Crippen molar-refractivity contribution in [2.45, 2.75) is 20.3 Å². The molecular weight excluding hydrogens is 242 g/mol. The lowest BCUT2D eigenvalue weighted by Crippen LogP contribution is -2.08. The fraction of sp³-hybridized carbons (Fsp3) is 0.429. The summed E-state index contributed by atoms with van der Waals surface area (Å²) in [7, 11) is 1.65. The Kier molecular flexibility index (Phi) is 4.39. The van der Waals surface area contributed by atoms with Crippen molar-refractivity contribution in [2.75, 3.05) is 19.0 Å². The van der Waals surface area contributed by atoms with Crippen molar-refractivity contribution in [2.24, 2.45) is 5.92 Å². The molecule has 0 aliphatic heterocycles. The van der Waals surface area contributed by atoms with E-state index in [1.54, 1.807) is 7.11 Å². The molecule has 2 rings (SSSR count). The lowest BCUT2D eigenvalue weighted by molar-refractivity contribution is 0.414. The van der Waals surface area contributed by atoms with Crippen LogP contribution in [0.2, 0.25) is 0 Å². The van der Waals surface area contributed by atoms with Crippen molar-refractivity contribution in [3.63, 3.8) is 0 Å². The lowest BCUT2D eigenvalue weighted by atomic mass is 10.1. The molecule has 2 aromatic rings. The molecule has 1 heterocycles. The van der Waals surface area contributed by atoms with Crippen LogP contribution in [0.5, 0.6) is 5.75 Å². The van der Waals surface area contributed by atoms with Crippen LogP contribution in [0.4, 0.5) is 6.01 Å². The monoisotopic (exact) mass is 261 g/mol. The highest BCUT2D eigenvalue weighted by atomic mass is 16.5. The average molecular weight is 261 g/mol. The highest BCUT2D eigenvalue weighted by Gasteiger charge is 2.07. The fourth-order valence-corrected chi connectivity index (χ4v) is 1.61. The minimum absolute atomic E-state index is 0.484. The van der Waals surface area contributed by atoms with Crippen molar-refractivity contribution >= 4 is 6.01 Å². The third-order valence-corrected chi connectivity index (χ3v) is 2.65. The van der Waals surface area contributed by atoms with Gasteiger partial charge in [0, 0.05) is 13.0 Å². The van der Waals surface area contributed by atoms with Gasteiger partial charge >= 0.3 is 6.01 Å². The molecule has 1 aromatic carbocycles. The van der Waals surface area contributed by atoms with Gasteiger partial charge in [0.25, 0.3) is 0 Å². The summed E-state index contributed by atoms with van der Waals surface area (Å²) >= 11 is 0. The van der Waals surface area contributed by atoms with Crippen molar-refractivity contribution in [1.29, 1.82) is 0 Å². The Morgan fingerprint density at radius 2 is 2.00 bits per heavy atom. The van der Waals surface area contributed by atoms with E-state index in [-0.39, 0.29) is 0 Å². The SMILES string of the molecule is COc1ccc(Cc2noc(NCC(C)C)n2)cc1. The Labute approximate surface area is 113 Å². The van der Waals surface area contributed by atoms with E-state index in [0.29, 0.717) is 24.2 Å². The Hall–Kier alpha value is -2.04. The predicted molar refractivity (Wildman–Crippen MR) is 73.4 cm³/mol. The molecule has 0 unspecified atom stereocenters. The van der Waals surface area contributed by atoms with Gasteiger partial charge in [-0.3, -0.25) is 0 Å². The zero-order chi connectivity index (χ0) is 13.7. The number of ether oxygens (including phenoxy) is 1. The van der Waals surface area contributed by atoms with Crippen LogP contribution < -0.4 is 10.1 Å². The first kappa shape index (κ1) is 13.4. The summed E-state index contributed by atoms with van der Waals surface area (Å²) in [5.74, 6) is 2.06. The molecule has 0 amide bonds. The van der Waals surface area contributed by atoms with Gasteiger partial charge in [-0.25, -0.2) is 0 Å². The van der Waals surface area contributed by atoms with Crippen LogP contribution in [0.25, 0.3) is 0 Å². The van der Waals surface area contributed by atoms with Gasteiger partial charge in [-0.15, -0.1) is 0 Å². The number of benzene rings is 1. The van der Waals surface area contributed by atoms with E-state index < -0.39 is 0 Å². The van der Waals surface area contributed by atoms with Gasteiger partial charge in [0.15, 0.2) is 5.82 Å². The van der Waals surface area contributed by atoms with Crippen molar-refractivity contribution in [3.8, 4) is 5.75 Å². The first-order valence-corrected chi connectivity index (χ1v) is 6.36. The van der Waals surface area contributed by atoms with Gasteiger partial charge in [-0.1, -0.05) is 31.1 Å². The normalized spacial score (nSPS) is 10.7. The fourth-order valence-electron chi connectivity index (χ4n) is 1.61. The molecule has 0 atom stereocenters. The second-order valence-corrected chi connectivity index (χ2v) is 4.82. The maximum absolute atomic E-state index is 5.14. The molecule has 0 saturated heterocycles. The van der Waals surface area contributed by atoms with Gasteiger partial charge in [-0.05, 0) is 23.6 Å². The molecule has 0 saturated carbocycles. The molecule has 1 aromatic heterocycles. The zero-order valence-electron chi connectivity index (χ0n) is 11.5. The molecule has 0 radical (unpaired) electrons. The maximum atomic E-state index is 5.14. The van der Waals surface area contributed by atoms with Gasteiger partial charge in [-0.2, -0.15) is 4.98 Å². The molecule has 0 aliphatic rings. The molecule has 0 bridgehead atoms. The van der Waals surface area contributed by atoms with Crippen LogP contribution in [-0.4, -0.2) is 23.8 Å². The smallest absolute Gasteiger partial charge is 0.321 e. The average Bonchev–Trinajstić information content (AvgIpc) is 2.85. The third kappa shape index (κ3) is 3.98. The minimum Gasteiger partial charge on any atom is -0.497 e. The van der Waals surface area contributed by atoms with E-state index in [4.69, 9.17) is 9.26 Å². The Morgan fingerprint density at radius 3 is 2.63 bits per heavy atom. The maximum Gasteiger partial charge on any atom is 0.321 e. The van der Waals surface area contributed by atoms with E-state index in [2.05, 4.69) is 29.3 Å². The summed E-state index contributed by atoms with van der Waals surface area (Å²) in [6.07, 6.45) is 0.650. The molecule has 0 aliphatic carbocycles. The third-order valence-electron chi connectivity index (χ3n) is 2.65. The summed E-state index contributed by atoms with van der Waals surface area (Å²) in [6, 6.07) is 8.32. The first-order chi connectivity index (χ1) is 9.17. The second-order valence-electron chi connectivity index (χ2n) is 4.82. The second kappa shape index (κ2) is 6.22. The first-order valence-electron chi connectivity index (χ1n) is 6.36. The number of rotatable bonds is 6. The summed E-state index contributed by atoms with van der Waals surface area (Å²) in [6.45, 7) is 5.08. The number of aromatic nitrogens is 2. The summed E-state index contributed by atoms with van der Waals surface area (Å²) in [5.41, 5.74) is 1.12. The van der Waals surface area contributed by atoms with Crippen LogP contribution in [-0.2, 0) is 6.42 Å². The van der Waals surface area contributed by atoms with Crippen molar-refractivity contribution < 1.29 is 9.26 Å². The summed E-state index contributed by atoms with van der Waals surface area (Å²) in [4.78, 5) is 4.30. The molecule has 1 N–H and O–H groups in total. The van der Waals surface area contributed by atoms with Crippen LogP contribution in [0.3, 0.4) is 0 Å². The standard InChI is InChI=1S/C14H19N3O2/c1-10(2)9-15-14-16-13(17-19-14)8-11-4-6-12(18-3)7-5-11/h4-7,10H,8-9H2,1-3H3,(H,15,16,17). The van der Waals surface area contributed by atoms with E-state index in [1.807, 2.05) is 24.3 Å². The Morgan fingerprint density at radius 1 is 1.26 bits per heavy atom. The van der Waals surface area contributed by atoms with Gasteiger partial charge in [0.05, 0.1) is 7.11 Å². The topological polar surface area (TPSA) is 60.2 Å². The van der Waals surface area contributed by atoms with Gasteiger partial charge < -0.3 is 14.6 Å². The number of methoxy groups -OCH3 is 1. The van der Waals surface area contributed by atoms with E-state index in [9.17, 15) is 0 Å². The quantitative estimate of drug-likeness (QED) is 0.866. The summed E-state index contributed by atoms with van der Waals surface area (Å²) < 4.78 is 10.3.